The van der Waals surface area contributed by atoms with Crippen molar-refractivity contribution in [1.29, 1.82) is 0 Å². The summed E-state index contributed by atoms with van der Waals surface area (Å²) in [6.07, 6.45) is 3.84. The lowest BCUT2D eigenvalue weighted by Crippen LogP contribution is -2.56. The molecule has 25 heavy (non-hydrogen) atoms. The number of amides is 1. The zero-order chi connectivity index (χ0) is 17.9. The maximum atomic E-state index is 12.7. The van der Waals surface area contributed by atoms with Crippen molar-refractivity contribution >= 4 is 22.6 Å². The molecule has 0 radical (unpaired) electrons. The van der Waals surface area contributed by atoms with E-state index in [0.29, 0.717) is 23.6 Å². The topological polar surface area (TPSA) is 88.3 Å². The number of benzene rings is 1. The number of carbonyl (C=O) groups excluding carboxylic acids is 2. The minimum atomic E-state index is -1.01. The van der Waals surface area contributed by atoms with E-state index in [4.69, 9.17) is 4.74 Å². The van der Waals surface area contributed by atoms with Crippen LogP contribution in [0.3, 0.4) is 0 Å². The third-order valence-corrected chi connectivity index (χ3v) is 4.72. The number of nitrogens with one attached hydrogen (secondary N) is 2. The molecule has 0 bridgehead atoms. The molecule has 0 unspecified atom stereocenters. The zero-order valence-electron chi connectivity index (χ0n) is 14.3. The van der Waals surface area contributed by atoms with Gasteiger partial charge in [-0.25, -0.2) is 4.79 Å². The summed E-state index contributed by atoms with van der Waals surface area (Å²) in [4.78, 5) is 40.0. The molecule has 1 aliphatic rings. The first-order chi connectivity index (χ1) is 12.1. The van der Waals surface area contributed by atoms with Gasteiger partial charge in [0.15, 0.2) is 0 Å². The molecule has 1 fully saturated rings. The monoisotopic (exact) mass is 342 g/mol. The van der Waals surface area contributed by atoms with E-state index in [0.717, 1.165) is 19.3 Å². The Morgan fingerprint density at radius 2 is 1.92 bits per heavy atom. The number of pyridine rings is 1. The van der Waals surface area contributed by atoms with E-state index < -0.39 is 17.4 Å². The van der Waals surface area contributed by atoms with Crippen molar-refractivity contribution in [1.82, 2.24) is 10.3 Å². The highest BCUT2D eigenvalue weighted by Crippen LogP contribution is 2.30. The Bertz CT molecular complexity index is 850. The lowest BCUT2D eigenvalue weighted by atomic mass is 9.81. The van der Waals surface area contributed by atoms with Crippen LogP contribution in [-0.2, 0) is 9.53 Å². The number of rotatable bonds is 4. The fourth-order valence-corrected chi connectivity index (χ4v) is 3.42. The summed E-state index contributed by atoms with van der Waals surface area (Å²) in [7, 11) is 0. The van der Waals surface area contributed by atoms with Crippen LogP contribution in [0.1, 0.15) is 49.5 Å². The second-order valence-electron chi connectivity index (χ2n) is 6.42. The summed E-state index contributed by atoms with van der Waals surface area (Å²) in [6, 6.07) is 8.70. The van der Waals surface area contributed by atoms with Gasteiger partial charge < -0.3 is 15.0 Å². The third kappa shape index (κ3) is 3.43. The Morgan fingerprint density at radius 3 is 2.64 bits per heavy atom. The van der Waals surface area contributed by atoms with Crippen molar-refractivity contribution < 1.29 is 14.3 Å². The molecule has 1 saturated carbocycles. The van der Waals surface area contributed by atoms with Gasteiger partial charge in [-0.05, 0) is 37.3 Å². The highest BCUT2D eigenvalue weighted by Gasteiger charge is 2.42. The predicted molar refractivity (Wildman–Crippen MR) is 94.5 cm³/mol. The maximum Gasteiger partial charge on any atom is 0.331 e. The summed E-state index contributed by atoms with van der Waals surface area (Å²) in [5.74, 6) is -0.857. The number of fused-ring (bicyclic) bond motifs is 1. The average molecular weight is 342 g/mol. The molecule has 3 rings (SSSR count). The number of hydrogen-bond donors (Lipinski definition) is 2. The number of H-pyrrole nitrogens is 1. The molecule has 0 aliphatic heterocycles. The average Bonchev–Trinajstić information content (AvgIpc) is 2.62. The van der Waals surface area contributed by atoms with Crippen molar-refractivity contribution in [3.63, 3.8) is 0 Å². The fraction of sp³-hybridized carbons (Fsp3) is 0.421. The summed E-state index contributed by atoms with van der Waals surface area (Å²) in [5, 5.41) is 4.05. The third-order valence-electron chi connectivity index (χ3n) is 4.72. The van der Waals surface area contributed by atoms with E-state index in [-0.39, 0.29) is 17.9 Å². The van der Waals surface area contributed by atoms with Gasteiger partial charge >= 0.3 is 5.97 Å². The standard InChI is InChI=1S/C19H22N2O4/c1-2-25-18(24)19(10-6-3-7-11-19)21-17(23)15-12-13-8-4-5-9-14(13)16(22)20-15/h4-5,8-9,12H,2-3,6-7,10-11H2,1H3,(H,20,22)(H,21,23). The van der Waals surface area contributed by atoms with Crippen LogP contribution in [0.2, 0.25) is 0 Å². The minimum Gasteiger partial charge on any atom is -0.464 e. The molecule has 6 nitrogen and oxygen atoms in total. The van der Waals surface area contributed by atoms with Crippen LogP contribution < -0.4 is 10.9 Å². The van der Waals surface area contributed by atoms with Gasteiger partial charge in [-0.1, -0.05) is 37.5 Å². The summed E-state index contributed by atoms with van der Waals surface area (Å²) in [5.41, 5.74) is -1.18. The zero-order valence-corrected chi connectivity index (χ0v) is 14.3. The first-order valence-electron chi connectivity index (χ1n) is 8.67. The fourth-order valence-electron chi connectivity index (χ4n) is 3.42. The van der Waals surface area contributed by atoms with E-state index in [2.05, 4.69) is 10.3 Å². The van der Waals surface area contributed by atoms with E-state index in [1.165, 1.54) is 0 Å². The smallest absolute Gasteiger partial charge is 0.331 e. The van der Waals surface area contributed by atoms with Crippen molar-refractivity contribution in [2.45, 2.75) is 44.6 Å². The van der Waals surface area contributed by atoms with Crippen LogP contribution >= 0.6 is 0 Å². The summed E-state index contributed by atoms with van der Waals surface area (Å²) < 4.78 is 5.19. The number of carbonyl (C=O) groups is 2. The van der Waals surface area contributed by atoms with Gasteiger partial charge in [-0.2, -0.15) is 0 Å². The number of aromatic nitrogens is 1. The molecule has 0 atom stereocenters. The molecule has 0 saturated heterocycles. The van der Waals surface area contributed by atoms with Crippen LogP contribution in [-0.4, -0.2) is 29.0 Å². The molecule has 2 aromatic rings. The lowest BCUT2D eigenvalue weighted by molar-refractivity contribution is -0.152. The first kappa shape index (κ1) is 17.2. The Labute approximate surface area is 145 Å². The number of hydrogen-bond acceptors (Lipinski definition) is 4. The molecule has 1 heterocycles. The van der Waals surface area contributed by atoms with Crippen LogP contribution in [0.4, 0.5) is 0 Å². The van der Waals surface area contributed by atoms with Gasteiger partial charge in [-0.3, -0.25) is 9.59 Å². The minimum absolute atomic E-state index is 0.151. The largest absolute Gasteiger partial charge is 0.464 e. The summed E-state index contributed by atoms with van der Waals surface area (Å²) in [6.45, 7) is 2.01. The molecule has 0 spiro atoms. The van der Waals surface area contributed by atoms with Gasteiger partial charge in [-0.15, -0.1) is 0 Å². The van der Waals surface area contributed by atoms with Crippen molar-refractivity contribution in [3.8, 4) is 0 Å². The van der Waals surface area contributed by atoms with Gasteiger partial charge in [0.25, 0.3) is 11.5 Å². The summed E-state index contributed by atoms with van der Waals surface area (Å²) >= 11 is 0. The van der Waals surface area contributed by atoms with E-state index >= 15 is 0 Å². The van der Waals surface area contributed by atoms with Crippen LogP contribution in [0.5, 0.6) is 0 Å². The molecule has 1 amide bonds. The number of aromatic amines is 1. The first-order valence-corrected chi connectivity index (χ1v) is 8.67. The Hall–Kier alpha value is -2.63. The van der Waals surface area contributed by atoms with E-state index in [1.807, 2.05) is 6.07 Å². The highest BCUT2D eigenvalue weighted by atomic mass is 16.5. The number of ether oxygens (including phenoxy) is 1. The van der Waals surface area contributed by atoms with E-state index in [9.17, 15) is 14.4 Å². The van der Waals surface area contributed by atoms with Crippen LogP contribution in [0.25, 0.3) is 10.8 Å². The highest BCUT2D eigenvalue weighted by molar-refractivity contribution is 5.99. The Kier molecular flexibility index (Phi) is 4.88. The Morgan fingerprint density at radius 1 is 1.20 bits per heavy atom. The van der Waals surface area contributed by atoms with Gasteiger partial charge in [0.2, 0.25) is 0 Å². The number of esters is 1. The van der Waals surface area contributed by atoms with Gasteiger partial charge in [0.1, 0.15) is 11.2 Å². The van der Waals surface area contributed by atoms with Crippen molar-refractivity contribution in [2.75, 3.05) is 6.61 Å². The molecule has 1 aromatic heterocycles. The maximum absolute atomic E-state index is 12.7. The lowest BCUT2D eigenvalue weighted by Gasteiger charge is -2.35. The van der Waals surface area contributed by atoms with Crippen molar-refractivity contribution in [3.05, 3.63) is 46.4 Å². The molecular formula is C19H22N2O4. The van der Waals surface area contributed by atoms with E-state index in [1.54, 1.807) is 31.2 Å². The quantitative estimate of drug-likeness (QED) is 0.836. The Balaban J connectivity index is 1.91. The normalized spacial score (nSPS) is 16.4. The van der Waals surface area contributed by atoms with Gasteiger partial charge in [0.05, 0.1) is 6.61 Å². The molecule has 132 valence electrons. The van der Waals surface area contributed by atoms with Crippen LogP contribution in [0, 0.1) is 0 Å². The van der Waals surface area contributed by atoms with Crippen LogP contribution in [0.15, 0.2) is 35.1 Å². The second-order valence-corrected chi connectivity index (χ2v) is 6.42. The predicted octanol–water partition coefficient (Wildman–Crippen LogP) is 2.52. The molecule has 1 aliphatic carbocycles. The SMILES string of the molecule is CCOC(=O)C1(NC(=O)c2cc3ccccc3c(=O)[nH]2)CCCCC1. The van der Waals surface area contributed by atoms with Crippen molar-refractivity contribution in [2.24, 2.45) is 0 Å². The molecular weight excluding hydrogens is 320 g/mol. The molecule has 1 aromatic carbocycles. The molecule has 6 heteroatoms. The van der Waals surface area contributed by atoms with Gasteiger partial charge in [0, 0.05) is 5.39 Å². The second kappa shape index (κ2) is 7.09. The molecule has 2 N–H and O–H groups in total.